The number of rotatable bonds is 5. The Morgan fingerprint density at radius 2 is 1.35 bits per heavy atom. The molecule has 5 atom stereocenters. The number of fused-ring (bicyclic) bond motifs is 8. The molecule has 0 bridgehead atoms. The zero-order valence-corrected chi connectivity index (χ0v) is 35.0. The van der Waals surface area contributed by atoms with Crippen molar-refractivity contribution < 1.29 is 0 Å². The number of nitrogens with one attached hydrogen (secondary N) is 3. The van der Waals surface area contributed by atoms with Gasteiger partial charge >= 0.3 is 0 Å². The largest absolute Gasteiger partial charge is 0.313 e. The molecule has 0 amide bonds. The Kier molecular flexibility index (Phi) is 8.63. The molecule has 1 saturated heterocycles. The third-order valence-electron chi connectivity index (χ3n) is 14.8. The van der Waals surface area contributed by atoms with Crippen LogP contribution >= 0.6 is 0 Å². The summed E-state index contributed by atoms with van der Waals surface area (Å²) in [6.45, 7) is 0. The number of allylic oxidation sites excluding steroid dienone is 11. The number of benzene rings is 5. The lowest BCUT2D eigenvalue weighted by Gasteiger charge is -2.45. The highest BCUT2D eigenvalue weighted by Crippen LogP contribution is 2.46. The molecule has 0 spiro atoms. The van der Waals surface area contributed by atoms with Crippen molar-refractivity contribution in [2.24, 2.45) is 11.8 Å². The van der Waals surface area contributed by atoms with Crippen LogP contribution in [0.4, 0.5) is 0 Å². The summed E-state index contributed by atoms with van der Waals surface area (Å²) in [5.41, 5.74) is 16.4. The fourth-order valence-electron chi connectivity index (χ4n) is 12.0. The summed E-state index contributed by atoms with van der Waals surface area (Å²) >= 11 is 0. The Labute approximate surface area is 363 Å². The van der Waals surface area contributed by atoms with Crippen LogP contribution in [0.2, 0.25) is 0 Å². The van der Waals surface area contributed by atoms with Gasteiger partial charge in [-0.2, -0.15) is 0 Å². The maximum absolute atomic E-state index is 4.15. The van der Waals surface area contributed by atoms with Crippen molar-refractivity contribution in [3.05, 3.63) is 197 Å². The quantitative estimate of drug-likeness (QED) is 0.162. The molecule has 5 aromatic carbocycles. The maximum Gasteiger partial charge on any atom is 0.0862 e. The van der Waals surface area contributed by atoms with Crippen molar-refractivity contribution in [1.82, 2.24) is 25.1 Å². The summed E-state index contributed by atoms with van der Waals surface area (Å²) in [6, 6.07) is 40.3. The molecule has 1 aliphatic heterocycles. The highest BCUT2D eigenvalue weighted by molar-refractivity contribution is 6.16. The second-order valence-electron chi connectivity index (χ2n) is 18.2. The van der Waals surface area contributed by atoms with Gasteiger partial charge in [0.25, 0.3) is 0 Å². The molecule has 5 heteroatoms. The van der Waals surface area contributed by atoms with E-state index in [-0.39, 0.29) is 24.4 Å². The maximum atomic E-state index is 4.15. The third-order valence-corrected chi connectivity index (χ3v) is 14.8. The van der Waals surface area contributed by atoms with Crippen molar-refractivity contribution in [2.75, 3.05) is 0 Å². The summed E-state index contributed by atoms with van der Waals surface area (Å²) in [7, 11) is 0. The molecule has 0 radical (unpaired) electrons. The summed E-state index contributed by atoms with van der Waals surface area (Å²) in [6.07, 6.45) is 31.2. The first-order valence-electron chi connectivity index (χ1n) is 23.0. The summed E-state index contributed by atoms with van der Waals surface area (Å²) < 4.78 is 5.18. The normalized spacial score (nSPS) is 24.6. The molecule has 3 N–H and O–H groups in total. The van der Waals surface area contributed by atoms with E-state index in [0.29, 0.717) is 5.92 Å². The van der Waals surface area contributed by atoms with Crippen LogP contribution in [0.1, 0.15) is 67.9 Å². The molecule has 5 nitrogen and oxygen atoms in total. The van der Waals surface area contributed by atoms with Crippen LogP contribution in [-0.2, 0) is 6.42 Å². The number of hydrogen-bond donors (Lipinski definition) is 3. The van der Waals surface area contributed by atoms with Gasteiger partial charge < -0.3 is 9.13 Å². The Balaban J connectivity index is 0.915. The van der Waals surface area contributed by atoms with Gasteiger partial charge in [0, 0.05) is 50.3 Å². The lowest BCUT2D eigenvalue weighted by molar-refractivity contribution is 0.176. The highest BCUT2D eigenvalue weighted by atomic mass is 15.4. The minimum absolute atomic E-state index is 0.0519. The van der Waals surface area contributed by atoms with Gasteiger partial charge in [0.15, 0.2) is 0 Å². The van der Waals surface area contributed by atoms with E-state index in [0.717, 1.165) is 25.7 Å². The fraction of sp³-hybridized carbons (Fsp3) is 0.228. The van der Waals surface area contributed by atoms with Gasteiger partial charge in [0.05, 0.1) is 40.7 Å². The van der Waals surface area contributed by atoms with Crippen LogP contribution in [0.15, 0.2) is 180 Å². The van der Waals surface area contributed by atoms with Gasteiger partial charge in [0.2, 0.25) is 0 Å². The zero-order valence-electron chi connectivity index (χ0n) is 35.0. The number of hydrogen-bond acceptors (Lipinski definition) is 3. The SMILES string of the molecule is C1=Cc2c(n(C3=CC4CC(C5NC(c6ccccc6)NC(C6CC=CC7=C6CCCC7)N5)=CC=C4C=C3)c3cc4ccccc4c(-n4c5ccccc5c5ccccc54)c23)CC1. The van der Waals surface area contributed by atoms with E-state index >= 15 is 0 Å². The van der Waals surface area contributed by atoms with E-state index in [4.69, 9.17) is 0 Å². The number of aromatic nitrogens is 2. The Morgan fingerprint density at radius 1 is 0.597 bits per heavy atom. The molecule has 62 heavy (non-hydrogen) atoms. The van der Waals surface area contributed by atoms with E-state index in [1.165, 1.54) is 109 Å². The predicted molar refractivity (Wildman–Crippen MR) is 258 cm³/mol. The van der Waals surface area contributed by atoms with Crippen LogP contribution in [0.25, 0.3) is 60.9 Å². The van der Waals surface area contributed by atoms with Crippen molar-refractivity contribution in [2.45, 2.75) is 69.9 Å². The monoisotopic (exact) mass is 805 g/mol. The zero-order chi connectivity index (χ0) is 40.7. The predicted octanol–water partition coefficient (Wildman–Crippen LogP) is 12.7. The molecule has 5 unspecified atom stereocenters. The van der Waals surface area contributed by atoms with Gasteiger partial charge in [-0.25, -0.2) is 0 Å². The molecular weight excluding hydrogens is 755 g/mol. The van der Waals surface area contributed by atoms with E-state index in [1.807, 2.05) is 0 Å². The molecule has 2 aromatic heterocycles. The van der Waals surface area contributed by atoms with E-state index in [1.54, 1.807) is 11.1 Å². The van der Waals surface area contributed by atoms with Crippen molar-refractivity contribution in [1.29, 1.82) is 0 Å². The van der Waals surface area contributed by atoms with Crippen molar-refractivity contribution in [3.63, 3.8) is 0 Å². The molecule has 1 fully saturated rings. The smallest absolute Gasteiger partial charge is 0.0862 e. The molecule has 13 rings (SSSR count). The molecule has 3 heterocycles. The number of para-hydroxylation sites is 2. The minimum Gasteiger partial charge on any atom is -0.313 e. The average molecular weight is 806 g/mol. The first-order chi connectivity index (χ1) is 30.7. The summed E-state index contributed by atoms with van der Waals surface area (Å²) in [5.74, 6) is 0.730. The van der Waals surface area contributed by atoms with Gasteiger partial charge in [0.1, 0.15) is 0 Å². The Hall–Kier alpha value is -6.24. The van der Waals surface area contributed by atoms with Gasteiger partial charge in [-0.1, -0.05) is 145 Å². The molecular formula is C57H51N5. The van der Waals surface area contributed by atoms with E-state index < -0.39 is 0 Å². The average Bonchev–Trinajstić information content (AvgIpc) is 3.85. The standard InChI is InChI=1S/C57H51N5/c1-2-16-38(17-3-1)55-58-56(60-57(59-55)47-25-14-19-37-15-4-6-20-43(37)47)40-30-29-36-31-32-42(34-41(36)33-40)61-51-28-13-10-24-48(51)53-52(61)35-39-18-5-7-21-44(39)54(53)62-49-26-11-8-22-45(49)46-23-9-12-27-50(46)62/h1-3,5,7-12,14,16-19,21-24,26-27,29-32,34-35,41,47,55-60H,4,6,13,15,20,25,28,33H2. The van der Waals surface area contributed by atoms with E-state index in [9.17, 15) is 0 Å². The van der Waals surface area contributed by atoms with Crippen LogP contribution in [-0.4, -0.2) is 21.5 Å². The molecule has 304 valence electrons. The first-order valence-corrected chi connectivity index (χ1v) is 23.0. The van der Waals surface area contributed by atoms with Crippen molar-refractivity contribution >= 4 is 55.3 Å². The third kappa shape index (κ3) is 5.79. The Morgan fingerprint density at radius 3 is 2.21 bits per heavy atom. The van der Waals surface area contributed by atoms with Crippen molar-refractivity contribution in [3.8, 4) is 5.69 Å². The molecule has 6 aliphatic rings. The van der Waals surface area contributed by atoms with Crippen LogP contribution < -0.4 is 16.0 Å². The topological polar surface area (TPSA) is 46.0 Å². The van der Waals surface area contributed by atoms with E-state index in [2.05, 4.69) is 189 Å². The van der Waals surface area contributed by atoms with Gasteiger partial charge in [-0.15, -0.1) is 0 Å². The molecule has 5 aliphatic carbocycles. The van der Waals surface area contributed by atoms with Gasteiger partial charge in [-0.3, -0.25) is 16.0 Å². The highest BCUT2D eigenvalue weighted by Gasteiger charge is 2.38. The second-order valence-corrected chi connectivity index (χ2v) is 18.2. The molecule has 7 aromatic rings. The van der Waals surface area contributed by atoms with Crippen LogP contribution in [0, 0.1) is 11.8 Å². The number of nitrogens with zero attached hydrogens (tertiary/aromatic N) is 2. The summed E-state index contributed by atoms with van der Waals surface area (Å²) in [5, 5.41) is 18.7. The van der Waals surface area contributed by atoms with Gasteiger partial charge in [-0.05, 0) is 103 Å². The fourth-order valence-corrected chi connectivity index (χ4v) is 12.0. The van der Waals surface area contributed by atoms with Crippen LogP contribution in [0.3, 0.4) is 0 Å². The molecule has 0 saturated carbocycles. The lowest BCUT2D eigenvalue weighted by Crippen LogP contribution is -2.66. The second kappa shape index (κ2) is 14.7. The van der Waals surface area contributed by atoms with Crippen LogP contribution in [0.5, 0.6) is 0 Å². The Bertz CT molecular complexity index is 3140. The summed E-state index contributed by atoms with van der Waals surface area (Å²) in [4.78, 5) is 0. The lowest BCUT2D eigenvalue weighted by atomic mass is 9.77. The first kappa shape index (κ1) is 36.4. The minimum atomic E-state index is 0.0519.